The highest BCUT2D eigenvalue weighted by atomic mass is 16.5. The molecule has 0 aliphatic rings. The summed E-state index contributed by atoms with van der Waals surface area (Å²) < 4.78 is 4.61. The first-order valence-corrected chi connectivity index (χ1v) is 7.50. The molecule has 0 saturated heterocycles. The molecular weight excluding hydrogens is 340 g/mol. The Bertz CT molecular complexity index is 845. The number of carboxylic acids is 1. The van der Waals surface area contributed by atoms with Crippen molar-refractivity contribution in [2.45, 2.75) is 0 Å². The third-order valence-electron chi connectivity index (χ3n) is 3.35. The van der Waals surface area contributed by atoms with Crippen molar-refractivity contribution in [3.05, 3.63) is 65.2 Å². The monoisotopic (exact) mass is 356 g/mol. The molecular formula is C18H16N2O6. The van der Waals surface area contributed by atoms with E-state index in [4.69, 9.17) is 5.11 Å². The van der Waals surface area contributed by atoms with Gasteiger partial charge >= 0.3 is 11.9 Å². The number of carboxylic acid groups (broad SMARTS) is 1. The second-order valence-electron chi connectivity index (χ2n) is 5.18. The van der Waals surface area contributed by atoms with Crippen LogP contribution in [-0.2, 0) is 9.53 Å². The minimum atomic E-state index is -1.14. The highest BCUT2D eigenvalue weighted by Gasteiger charge is 2.12. The summed E-state index contributed by atoms with van der Waals surface area (Å²) in [6.07, 6.45) is 0. The van der Waals surface area contributed by atoms with Gasteiger partial charge in [0.1, 0.15) is 6.54 Å². The number of carbonyl (C=O) groups is 4. The van der Waals surface area contributed by atoms with E-state index in [0.717, 1.165) is 0 Å². The van der Waals surface area contributed by atoms with Gasteiger partial charge in [0.15, 0.2) is 0 Å². The van der Waals surface area contributed by atoms with Crippen LogP contribution < -0.4 is 10.6 Å². The SMILES string of the molecule is COC(=O)c1cccc(C(=O)Nc2ccc(C(=O)NCC(=O)O)cc2)c1. The van der Waals surface area contributed by atoms with Gasteiger partial charge in [0, 0.05) is 16.8 Å². The number of amides is 2. The largest absolute Gasteiger partial charge is 0.480 e. The Labute approximate surface area is 148 Å². The molecule has 0 bridgehead atoms. The first kappa shape index (κ1) is 18.7. The van der Waals surface area contributed by atoms with Crippen molar-refractivity contribution in [2.24, 2.45) is 0 Å². The van der Waals surface area contributed by atoms with Crippen LogP contribution in [0, 0.1) is 0 Å². The van der Waals surface area contributed by atoms with E-state index in [9.17, 15) is 19.2 Å². The van der Waals surface area contributed by atoms with E-state index in [0.29, 0.717) is 5.69 Å². The van der Waals surface area contributed by atoms with Crippen molar-refractivity contribution in [2.75, 3.05) is 19.0 Å². The Hall–Kier alpha value is -3.68. The van der Waals surface area contributed by atoms with E-state index in [2.05, 4.69) is 15.4 Å². The number of nitrogens with one attached hydrogen (secondary N) is 2. The number of ether oxygens (including phenoxy) is 1. The van der Waals surface area contributed by atoms with Crippen LogP contribution in [-0.4, -0.2) is 42.5 Å². The summed E-state index contributed by atoms with van der Waals surface area (Å²) >= 11 is 0. The fourth-order valence-electron chi connectivity index (χ4n) is 2.07. The van der Waals surface area contributed by atoms with E-state index in [1.807, 2.05) is 0 Å². The number of benzene rings is 2. The van der Waals surface area contributed by atoms with Crippen LogP contribution in [0.2, 0.25) is 0 Å². The third-order valence-corrected chi connectivity index (χ3v) is 3.35. The quantitative estimate of drug-likeness (QED) is 0.675. The van der Waals surface area contributed by atoms with Gasteiger partial charge in [-0.25, -0.2) is 4.79 Å². The van der Waals surface area contributed by atoms with Crippen molar-refractivity contribution < 1.29 is 29.0 Å². The van der Waals surface area contributed by atoms with Gasteiger partial charge in [-0.15, -0.1) is 0 Å². The van der Waals surface area contributed by atoms with Gasteiger partial charge in [0.05, 0.1) is 12.7 Å². The molecule has 2 rings (SSSR count). The van der Waals surface area contributed by atoms with Crippen LogP contribution in [0.4, 0.5) is 5.69 Å². The fraction of sp³-hybridized carbons (Fsp3) is 0.111. The van der Waals surface area contributed by atoms with Crippen LogP contribution in [0.1, 0.15) is 31.1 Å². The summed E-state index contributed by atoms with van der Waals surface area (Å²) in [5.74, 6) is -2.65. The number of aliphatic carboxylic acids is 1. The number of hydrogen-bond acceptors (Lipinski definition) is 5. The molecule has 0 radical (unpaired) electrons. The van der Waals surface area contributed by atoms with Crippen LogP contribution in [0.15, 0.2) is 48.5 Å². The lowest BCUT2D eigenvalue weighted by atomic mass is 10.1. The molecule has 2 aromatic rings. The van der Waals surface area contributed by atoms with Crippen LogP contribution in [0.25, 0.3) is 0 Å². The average Bonchev–Trinajstić information content (AvgIpc) is 2.66. The molecule has 0 atom stereocenters. The summed E-state index contributed by atoms with van der Waals surface area (Å²) in [5, 5.41) is 13.4. The van der Waals surface area contributed by atoms with Gasteiger partial charge in [-0.3, -0.25) is 14.4 Å². The summed E-state index contributed by atoms with van der Waals surface area (Å²) in [6, 6.07) is 12.0. The van der Waals surface area contributed by atoms with Crippen LogP contribution in [0.3, 0.4) is 0 Å². The van der Waals surface area contributed by atoms with Crippen LogP contribution in [0.5, 0.6) is 0 Å². The molecule has 0 saturated carbocycles. The Balaban J connectivity index is 2.04. The maximum atomic E-state index is 12.3. The van der Waals surface area contributed by atoms with Gasteiger partial charge in [0.2, 0.25) is 0 Å². The van der Waals surface area contributed by atoms with Crippen molar-refractivity contribution >= 4 is 29.4 Å². The molecule has 2 aromatic carbocycles. The van der Waals surface area contributed by atoms with Gasteiger partial charge in [-0.1, -0.05) is 6.07 Å². The molecule has 0 aliphatic carbocycles. The molecule has 0 aliphatic heterocycles. The second kappa shape index (κ2) is 8.43. The van der Waals surface area contributed by atoms with Crippen molar-refractivity contribution in [3.63, 3.8) is 0 Å². The lowest BCUT2D eigenvalue weighted by Crippen LogP contribution is -2.29. The van der Waals surface area contributed by atoms with E-state index in [1.54, 1.807) is 12.1 Å². The van der Waals surface area contributed by atoms with Crippen molar-refractivity contribution in [3.8, 4) is 0 Å². The van der Waals surface area contributed by atoms with E-state index < -0.39 is 30.3 Å². The molecule has 8 heteroatoms. The highest BCUT2D eigenvalue weighted by molar-refractivity contribution is 6.06. The molecule has 26 heavy (non-hydrogen) atoms. The zero-order valence-electron chi connectivity index (χ0n) is 13.8. The zero-order valence-corrected chi connectivity index (χ0v) is 13.8. The average molecular weight is 356 g/mol. The van der Waals surface area contributed by atoms with Crippen molar-refractivity contribution in [1.82, 2.24) is 5.32 Å². The summed E-state index contributed by atoms with van der Waals surface area (Å²) in [4.78, 5) is 45.9. The number of anilines is 1. The topological polar surface area (TPSA) is 122 Å². The number of rotatable bonds is 6. The predicted octanol–water partition coefficient (Wildman–Crippen LogP) is 1.54. The van der Waals surface area contributed by atoms with Crippen molar-refractivity contribution in [1.29, 1.82) is 0 Å². The molecule has 0 spiro atoms. The smallest absolute Gasteiger partial charge is 0.337 e. The van der Waals surface area contributed by atoms with Gasteiger partial charge in [0.25, 0.3) is 11.8 Å². The lowest BCUT2D eigenvalue weighted by Gasteiger charge is -2.08. The normalized spacial score (nSPS) is 9.88. The zero-order chi connectivity index (χ0) is 19.1. The van der Waals surface area contributed by atoms with E-state index in [1.165, 1.54) is 43.5 Å². The number of methoxy groups -OCH3 is 1. The molecule has 0 unspecified atom stereocenters. The Morgan fingerprint density at radius 1 is 0.923 bits per heavy atom. The second-order valence-corrected chi connectivity index (χ2v) is 5.18. The standard InChI is InChI=1S/C18H16N2O6/c1-26-18(25)13-4-2-3-12(9-13)17(24)20-14-7-5-11(6-8-14)16(23)19-10-15(21)22/h2-9H,10H2,1H3,(H,19,23)(H,20,24)(H,21,22). The Kier molecular flexibility index (Phi) is 6.05. The maximum Gasteiger partial charge on any atom is 0.337 e. The van der Waals surface area contributed by atoms with Crippen LogP contribution >= 0.6 is 0 Å². The summed E-state index contributed by atoms with van der Waals surface area (Å²) in [7, 11) is 1.25. The van der Waals surface area contributed by atoms with Gasteiger partial charge < -0.3 is 20.5 Å². The van der Waals surface area contributed by atoms with E-state index in [-0.39, 0.29) is 16.7 Å². The Morgan fingerprint density at radius 3 is 2.19 bits per heavy atom. The minimum Gasteiger partial charge on any atom is -0.480 e. The highest BCUT2D eigenvalue weighted by Crippen LogP contribution is 2.13. The number of carbonyl (C=O) groups excluding carboxylic acids is 3. The third kappa shape index (κ3) is 4.91. The molecule has 134 valence electrons. The lowest BCUT2D eigenvalue weighted by molar-refractivity contribution is -0.135. The summed E-state index contributed by atoms with van der Waals surface area (Å²) in [5.41, 5.74) is 1.23. The molecule has 0 fully saturated rings. The molecule has 8 nitrogen and oxygen atoms in total. The molecule has 0 aromatic heterocycles. The number of esters is 1. The summed E-state index contributed by atoms with van der Waals surface area (Å²) in [6.45, 7) is -0.478. The molecule has 3 N–H and O–H groups in total. The maximum absolute atomic E-state index is 12.3. The fourth-order valence-corrected chi connectivity index (χ4v) is 2.07. The molecule has 2 amide bonds. The predicted molar refractivity (Wildman–Crippen MR) is 92.1 cm³/mol. The van der Waals surface area contributed by atoms with Gasteiger partial charge in [-0.2, -0.15) is 0 Å². The Morgan fingerprint density at radius 2 is 1.58 bits per heavy atom. The molecule has 0 heterocycles. The number of hydrogen-bond donors (Lipinski definition) is 3. The minimum absolute atomic E-state index is 0.255. The first-order valence-electron chi connectivity index (χ1n) is 7.50. The van der Waals surface area contributed by atoms with Gasteiger partial charge in [-0.05, 0) is 42.5 Å². The van der Waals surface area contributed by atoms with E-state index >= 15 is 0 Å². The first-order chi connectivity index (χ1) is 12.4.